The molecule has 0 bridgehead atoms. The highest BCUT2D eigenvalue weighted by Crippen LogP contribution is 2.43. The third-order valence-corrected chi connectivity index (χ3v) is 7.20. The van der Waals surface area contributed by atoms with Crippen LogP contribution in [-0.2, 0) is 9.53 Å². The lowest BCUT2D eigenvalue weighted by atomic mass is 10.0. The van der Waals surface area contributed by atoms with Gasteiger partial charge in [0, 0.05) is 29.1 Å². The summed E-state index contributed by atoms with van der Waals surface area (Å²) in [5.41, 5.74) is 4.35. The van der Waals surface area contributed by atoms with E-state index < -0.39 is 5.97 Å². The number of thiocarbonyl (C=S) groups is 1. The van der Waals surface area contributed by atoms with Gasteiger partial charge in [-0.3, -0.25) is 9.78 Å². The largest absolute Gasteiger partial charge is 0.465 e. The first-order valence-electron chi connectivity index (χ1n) is 13.0. The molecular weight excluding hydrogens is 524 g/mol. The number of esters is 1. The van der Waals surface area contributed by atoms with Crippen LogP contribution in [-0.4, -0.2) is 29.1 Å². The number of carbonyl (C=O) groups is 2. The van der Waals surface area contributed by atoms with E-state index in [1.54, 1.807) is 18.3 Å². The highest BCUT2D eigenvalue weighted by atomic mass is 32.1. The molecule has 1 aliphatic heterocycles. The summed E-state index contributed by atoms with van der Waals surface area (Å²) >= 11 is 5.84. The van der Waals surface area contributed by atoms with E-state index >= 15 is 0 Å². The van der Waals surface area contributed by atoms with Crippen molar-refractivity contribution in [3.63, 3.8) is 0 Å². The number of amides is 1. The number of anilines is 2. The number of aryl methyl sites for hydroxylation is 1. The Labute approximate surface area is 238 Å². The van der Waals surface area contributed by atoms with E-state index in [1.807, 2.05) is 86.3 Å². The van der Waals surface area contributed by atoms with Crippen molar-refractivity contribution in [2.45, 2.75) is 32.9 Å². The van der Waals surface area contributed by atoms with Crippen molar-refractivity contribution in [1.82, 2.24) is 10.3 Å². The normalized spacial score (nSPS) is 16.6. The molecule has 2 atom stereocenters. The van der Waals surface area contributed by atoms with Gasteiger partial charge in [-0.1, -0.05) is 38.1 Å². The van der Waals surface area contributed by atoms with E-state index in [0.717, 1.165) is 22.6 Å². The number of nitrogens with one attached hydrogen (secondary N) is 2. The van der Waals surface area contributed by atoms with Crippen molar-refractivity contribution in [1.29, 1.82) is 0 Å². The molecule has 40 heavy (non-hydrogen) atoms. The Kier molecular flexibility index (Phi) is 7.66. The molecular formula is C31H30N4O4S. The molecule has 2 N–H and O–H groups in total. The van der Waals surface area contributed by atoms with Crippen LogP contribution >= 0.6 is 12.2 Å². The molecule has 1 fully saturated rings. The van der Waals surface area contributed by atoms with Gasteiger partial charge in [-0.15, -0.1) is 0 Å². The van der Waals surface area contributed by atoms with Crippen LogP contribution in [0.1, 0.15) is 53.3 Å². The predicted molar refractivity (Wildman–Crippen MR) is 158 cm³/mol. The van der Waals surface area contributed by atoms with Gasteiger partial charge in [-0.05, 0) is 73.2 Å². The average molecular weight is 555 g/mol. The fourth-order valence-corrected chi connectivity index (χ4v) is 5.13. The molecule has 0 saturated carbocycles. The Hall–Kier alpha value is -4.50. The maximum atomic E-state index is 12.4. The second-order valence-corrected chi connectivity index (χ2v) is 10.3. The zero-order valence-electron chi connectivity index (χ0n) is 22.7. The van der Waals surface area contributed by atoms with Crippen molar-refractivity contribution in [2.75, 3.05) is 17.3 Å². The summed E-state index contributed by atoms with van der Waals surface area (Å²) < 4.78 is 11.4. The molecule has 5 rings (SSSR count). The number of hydrogen-bond donors (Lipinski definition) is 2. The Balaban J connectivity index is 1.57. The Morgan fingerprint density at radius 2 is 1.85 bits per heavy atom. The van der Waals surface area contributed by atoms with Crippen LogP contribution in [0.2, 0.25) is 0 Å². The van der Waals surface area contributed by atoms with Crippen LogP contribution in [0.15, 0.2) is 83.4 Å². The van der Waals surface area contributed by atoms with Gasteiger partial charge < -0.3 is 24.7 Å². The summed E-state index contributed by atoms with van der Waals surface area (Å²) in [4.78, 5) is 31.3. The van der Waals surface area contributed by atoms with Gasteiger partial charge in [-0.2, -0.15) is 0 Å². The number of methoxy groups -OCH3 is 1. The van der Waals surface area contributed by atoms with Crippen molar-refractivity contribution >= 4 is 40.6 Å². The number of pyridine rings is 1. The van der Waals surface area contributed by atoms with Gasteiger partial charge in [0.25, 0.3) is 0 Å². The molecule has 1 saturated heterocycles. The predicted octanol–water partition coefficient (Wildman–Crippen LogP) is 6.21. The van der Waals surface area contributed by atoms with Crippen LogP contribution in [0.3, 0.4) is 0 Å². The van der Waals surface area contributed by atoms with E-state index in [1.165, 1.54) is 7.11 Å². The van der Waals surface area contributed by atoms with Crippen molar-refractivity contribution in [3.8, 4) is 11.3 Å². The molecule has 1 aliphatic rings. The Morgan fingerprint density at radius 1 is 1.07 bits per heavy atom. The quantitative estimate of drug-likeness (QED) is 0.206. The van der Waals surface area contributed by atoms with Crippen LogP contribution < -0.4 is 15.5 Å². The average Bonchev–Trinajstić information content (AvgIpc) is 3.58. The maximum absolute atomic E-state index is 12.4. The first-order chi connectivity index (χ1) is 19.3. The second kappa shape index (κ2) is 11.3. The smallest absolute Gasteiger partial charge is 0.338 e. The highest BCUT2D eigenvalue weighted by Gasteiger charge is 2.42. The summed E-state index contributed by atoms with van der Waals surface area (Å²) in [5.74, 6) is 0.572. The number of furan rings is 1. The zero-order valence-corrected chi connectivity index (χ0v) is 23.5. The molecule has 9 heteroatoms. The van der Waals surface area contributed by atoms with Gasteiger partial charge in [0.1, 0.15) is 17.6 Å². The third kappa shape index (κ3) is 5.20. The van der Waals surface area contributed by atoms with E-state index in [0.29, 0.717) is 27.8 Å². The number of ether oxygens (including phenoxy) is 1. The molecule has 204 valence electrons. The van der Waals surface area contributed by atoms with Gasteiger partial charge in [0.2, 0.25) is 5.91 Å². The lowest BCUT2D eigenvalue weighted by molar-refractivity contribution is -0.118. The lowest BCUT2D eigenvalue weighted by Gasteiger charge is -2.27. The minimum atomic E-state index is -0.439. The molecule has 1 amide bonds. The minimum absolute atomic E-state index is 0.0438. The Morgan fingerprint density at radius 3 is 2.55 bits per heavy atom. The summed E-state index contributed by atoms with van der Waals surface area (Å²) in [6.07, 6.45) is 1.75. The minimum Gasteiger partial charge on any atom is -0.465 e. The summed E-state index contributed by atoms with van der Waals surface area (Å²) in [7, 11) is 1.36. The molecule has 8 nitrogen and oxygen atoms in total. The first-order valence-corrected chi connectivity index (χ1v) is 13.4. The summed E-state index contributed by atoms with van der Waals surface area (Å²) in [6, 6.07) is 21.8. The van der Waals surface area contributed by atoms with Gasteiger partial charge in [0.05, 0.1) is 24.4 Å². The SMILES string of the molecule is COC(=O)c1ccccc1-c1ccc(C2C(c3ccccn3)NC(=S)N2c2ccc(NC(=O)C(C)C)c(C)c2)o1. The van der Waals surface area contributed by atoms with Gasteiger partial charge in [-0.25, -0.2) is 4.79 Å². The van der Waals surface area contributed by atoms with Crippen LogP contribution in [0.25, 0.3) is 11.3 Å². The molecule has 3 heterocycles. The number of hydrogen-bond acceptors (Lipinski definition) is 6. The number of aromatic nitrogens is 1. The topological polar surface area (TPSA) is 96.7 Å². The maximum Gasteiger partial charge on any atom is 0.338 e. The standard InChI is InChI=1S/C31H30N4O4S/c1-18(2)29(36)33-23-13-12-20(17-19(23)3)35-28(27(34-31(35)40)24-11-7-8-16-32-24)26-15-14-25(39-26)21-9-5-6-10-22(21)30(37)38-4/h5-18,27-28H,1-4H3,(H,33,36)(H,34,40). The summed E-state index contributed by atoms with van der Waals surface area (Å²) in [5, 5.41) is 6.93. The van der Waals surface area contributed by atoms with E-state index in [2.05, 4.69) is 15.6 Å². The van der Waals surface area contributed by atoms with Gasteiger partial charge in [0.15, 0.2) is 5.11 Å². The molecule has 0 aliphatic carbocycles. The lowest BCUT2D eigenvalue weighted by Crippen LogP contribution is -2.29. The monoisotopic (exact) mass is 554 g/mol. The van der Waals surface area contributed by atoms with Crippen molar-refractivity contribution < 1.29 is 18.7 Å². The number of rotatable bonds is 7. The molecule has 2 unspecified atom stereocenters. The second-order valence-electron chi connectivity index (χ2n) is 9.88. The highest BCUT2D eigenvalue weighted by molar-refractivity contribution is 7.80. The molecule has 2 aromatic carbocycles. The first kappa shape index (κ1) is 27.1. The number of nitrogens with zero attached hydrogens (tertiary/aromatic N) is 2. The fourth-order valence-electron chi connectivity index (χ4n) is 4.78. The fraction of sp³-hybridized carbons (Fsp3) is 0.226. The molecule has 2 aromatic heterocycles. The van der Waals surface area contributed by atoms with E-state index in [-0.39, 0.29) is 23.9 Å². The van der Waals surface area contributed by atoms with Crippen LogP contribution in [0, 0.1) is 12.8 Å². The van der Waals surface area contributed by atoms with Crippen molar-refractivity contribution in [2.24, 2.45) is 5.92 Å². The van der Waals surface area contributed by atoms with Crippen LogP contribution in [0.4, 0.5) is 11.4 Å². The zero-order chi connectivity index (χ0) is 28.4. The Bertz CT molecular complexity index is 1570. The number of carbonyl (C=O) groups excluding carboxylic acids is 2. The van der Waals surface area contributed by atoms with E-state index in [9.17, 15) is 9.59 Å². The number of benzene rings is 2. The van der Waals surface area contributed by atoms with Crippen molar-refractivity contribution in [3.05, 3.63) is 102 Å². The molecule has 0 radical (unpaired) electrons. The summed E-state index contributed by atoms with van der Waals surface area (Å²) in [6.45, 7) is 5.67. The molecule has 0 spiro atoms. The van der Waals surface area contributed by atoms with Gasteiger partial charge >= 0.3 is 5.97 Å². The third-order valence-electron chi connectivity index (χ3n) is 6.88. The van der Waals surface area contributed by atoms with Crippen LogP contribution in [0.5, 0.6) is 0 Å². The molecule has 4 aromatic rings. The van der Waals surface area contributed by atoms with E-state index in [4.69, 9.17) is 21.4 Å².